The molecule has 0 aromatic heterocycles. The Labute approximate surface area is 95.0 Å². The predicted octanol–water partition coefficient (Wildman–Crippen LogP) is 2.40. The van der Waals surface area contributed by atoms with Gasteiger partial charge in [-0.3, -0.25) is 4.79 Å². The molecule has 0 spiro atoms. The Morgan fingerprint density at radius 2 is 1.40 bits per heavy atom. The minimum atomic E-state index is 0.750. The highest BCUT2D eigenvalue weighted by atomic mass is 16.1. The van der Waals surface area contributed by atoms with Crippen LogP contribution in [0.1, 0.15) is 51.9 Å². The Morgan fingerprint density at radius 3 is 1.73 bits per heavy atom. The summed E-state index contributed by atoms with van der Waals surface area (Å²) >= 11 is 0. The molecule has 0 saturated heterocycles. The first-order chi connectivity index (χ1) is 7.18. The van der Waals surface area contributed by atoms with E-state index in [1.807, 2.05) is 0 Å². The Bertz CT molecular complexity index is 108. The predicted molar refractivity (Wildman–Crippen MR) is 66.8 cm³/mol. The second-order valence-corrected chi connectivity index (χ2v) is 3.98. The standard InChI is InChI=1S/C9H21N.C3H7NO/c1-2-3-4-5-6-7-8-9-10;1-4(2)3-5/h2-10H2,1H3;3H,1-2H3. The van der Waals surface area contributed by atoms with Gasteiger partial charge in [-0.1, -0.05) is 45.4 Å². The van der Waals surface area contributed by atoms with Gasteiger partial charge in [0.2, 0.25) is 6.41 Å². The molecule has 0 rings (SSSR count). The van der Waals surface area contributed by atoms with Gasteiger partial charge in [0.25, 0.3) is 0 Å². The van der Waals surface area contributed by atoms with Crippen molar-refractivity contribution in [3.63, 3.8) is 0 Å². The molecular weight excluding hydrogens is 188 g/mol. The molecule has 3 nitrogen and oxygen atoms in total. The van der Waals surface area contributed by atoms with Crippen molar-refractivity contribution in [2.24, 2.45) is 5.73 Å². The number of amides is 1. The summed E-state index contributed by atoms with van der Waals surface area (Å²) in [5.74, 6) is 0. The van der Waals surface area contributed by atoms with Crippen LogP contribution in [0.2, 0.25) is 0 Å². The fourth-order valence-electron chi connectivity index (χ4n) is 1.10. The van der Waals surface area contributed by atoms with Crippen LogP contribution in [-0.4, -0.2) is 32.0 Å². The number of unbranched alkanes of at least 4 members (excludes halogenated alkanes) is 6. The largest absolute Gasteiger partial charge is 0.351 e. The number of hydrogen-bond donors (Lipinski definition) is 1. The quantitative estimate of drug-likeness (QED) is 0.500. The van der Waals surface area contributed by atoms with Gasteiger partial charge in [0.1, 0.15) is 0 Å². The number of nitrogens with zero attached hydrogens (tertiary/aromatic N) is 1. The van der Waals surface area contributed by atoms with Crippen molar-refractivity contribution in [2.75, 3.05) is 20.6 Å². The molecule has 0 aliphatic heterocycles. The molecule has 0 heterocycles. The van der Waals surface area contributed by atoms with Crippen molar-refractivity contribution in [1.29, 1.82) is 0 Å². The molecule has 0 aromatic carbocycles. The molecule has 0 unspecified atom stereocenters. The van der Waals surface area contributed by atoms with Gasteiger partial charge >= 0.3 is 0 Å². The zero-order valence-corrected chi connectivity index (χ0v) is 10.7. The monoisotopic (exact) mass is 216 g/mol. The molecule has 0 aliphatic carbocycles. The molecule has 0 radical (unpaired) electrons. The number of hydrogen-bond acceptors (Lipinski definition) is 2. The molecule has 0 atom stereocenters. The molecule has 0 aromatic rings. The Morgan fingerprint density at radius 1 is 1.00 bits per heavy atom. The minimum absolute atomic E-state index is 0.750. The van der Waals surface area contributed by atoms with Gasteiger partial charge < -0.3 is 10.6 Å². The van der Waals surface area contributed by atoms with Crippen LogP contribution in [0.15, 0.2) is 0 Å². The first kappa shape index (κ1) is 16.8. The summed E-state index contributed by atoms with van der Waals surface area (Å²) < 4.78 is 0. The van der Waals surface area contributed by atoms with Crippen molar-refractivity contribution < 1.29 is 4.79 Å². The average Bonchev–Trinajstić information content (AvgIpc) is 2.24. The summed E-state index contributed by atoms with van der Waals surface area (Å²) in [7, 11) is 3.38. The lowest BCUT2D eigenvalue weighted by Gasteiger charge is -1.97. The highest BCUT2D eigenvalue weighted by Crippen LogP contribution is 2.05. The van der Waals surface area contributed by atoms with Gasteiger partial charge in [0, 0.05) is 14.1 Å². The third kappa shape index (κ3) is 24.7. The zero-order chi connectivity index (χ0) is 11.9. The van der Waals surface area contributed by atoms with E-state index in [2.05, 4.69) is 6.92 Å². The summed E-state index contributed by atoms with van der Waals surface area (Å²) in [5.41, 5.74) is 5.37. The molecular formula is C12H28N2O. The molecule has 92 valence electrons. The van der Waals surface area contributed by atoms with Gasteiger partial charge in [-0.2, -0.15) is 0 Å². The summed E-state index contributed by atoms with van der Waals surface area (Å²) in [5, 5.41) is 0. The van der Waals surface area contributed by atoms with Crippen molar-refractivity contribution in [2.45, 2.75) is 51.9 Å². The summed E-state index contributed by atoms with van der Waals surface area (Å²) in [4.78, 5) is 10.9. The van der Waals surface area contributed by atoms with Crippen LogP contribution < -0.4 is 5.73 Å². The van der Waals surface area contributed by atoms with E-state index >= 15 is 0 Å². The Kier molecular flexibility index (Phi) is 17.8. The Balaban J connectivity index is 0. The normalized spacial score (nSPS) is 9.07. The summed E-state index contributed by atoms with van der Waals surface area (Å²) in [6.45, 7) is 3.12. The lowest BCUT2D eigenvalue weighted by atomic mass is 10.1. The lowest BCUT2D eigenvalue weighted by molar-refractivity contribution is -0.115. The second-order valence-electron chi connectivity index (χ2n) is 3.98. The summed E-state index contributed by atoms with van der Waals surface area (Å²) in [6, 6.07) is 0. The van der Waals surface area contributed by atoms with Gasteiger partial charge in [0.15, 0.2) is 0 Å². The van der Waals surface area contributed by atoms with E-state index in [1.165, 1.54) is 49.8 Å². The smallest absolute Gasteiger partial charge is 0.209 e. The van der Waals surface area contributed by atoms with Crippen molar-refractivity contribution >= 4 is 6.41 Å². The first-order valence-corrected chi connectivity index (χ1v) is 6.00. The third-order valence-corrected chi connectivity index (χ3v) is 2.02. The van der Waals surface area contributed by atoms with E-state index in [9.17, 15) is 4.79 Å². The molecule has 0 bridgehead atoms. The van der Waals surface area contributed by atoms with E-state index < -0.39 is 0 Å². The topological polar surface area (TPSA) is 46.3 Å². The van der Waals surface area contributed by atoms with E-state index in [0.717, 1.165) is 13.0 Å². The summed E-state index contributed by atoms with van der Waals surface area (Å²) in [6.07, 6.45) is 10.3. The van der Waals surface area contributed by atoms with Crippen LogP contribution in [0.5, 0.6) is 0 Å². The van der Waals surface area contributed by atoms with E-state index in [1.54, 1.807) is 14.1 Å². The first-order valence-electron chi connectivity index (χ1n) is 6.00. The number of carbonyl (C=O) groups excluding carboxylic acids is 1. The number of rotatable bonds is 8. The highest BCUT2D eigenvalue weighted by molar-refractivity contribution is 5.45. The van der Waals surface area contributed by atoms with E-state index in [-0.39, 0.29) is 0 Å². The fraction of sp³-hybridized carbons (Fsp3) is 0.917. The van der Waals surface area contributed by atoms with Gasteiger partial charge in [-0.05, 0) is 13.0 Å². The SMILES string of the molecule is CCCCCCCCCN.CN(C)C=O. The maximum absolute atomic E-state index is 9.43. The van der Waals surface area contributed by atoms with Crippen LogP contribution in [0.25, 0.3) is 0 Å². The van der Waals surface area contributed by atoms with E-state index in [4.69, 9.17) is 5.73 Å². The van der Waals surface area contributed by atoms with Gasteiger partial charge in [-0.15, -0.1) is 0 Å². The third-order valence-electron chi connectivity index (χ3n) is 2.02. The molecule has 0 fully saturated rings. The highest BCUT2D eigenvalue weighted by Gasteiger charge is 1.87. The van der Waals surface area contributed by atoms with E-state index in [0.29, 0.717) is 0 Å². The molecule has 3 heteroatoms. The van der Waals surface area contributed by atoms with Crippen LogP contribution in [-0.2, 0) is 4.79 Å². The maximum Gasteiger partial charge on any atom is 0.209 e. The van der Waals surface area contributed by atoms with Crippen molar-refractivity contribution in [3.05, 3.63) is 0 Å². The van der Waals surface area contributed by atoms with Gasteiger partial charge in [-0.25, -0.2) is 0 Å². The fourth-order valence-corrected chi connectivity index (χ4v) is 1.10. The molecule has 0 aliphatic rings. The lowest BCUT2D eigenvalue weighted by Crippen LogP contribution is -2.06. The molecule has 1 amide bonds. The minimum Gasteiger partial charge on any atom is -0.351 e. The van der Waals surface area contributed by atoms with Crippen molar-refractivity contribution in [3.8, 4) is 0 Å². The molecule has 0 saturated carbocycles. The van der Waals surface area contributed by atoms with Crippen LogP contribution in [0, 0.1) is 0 Å². The maximum atomic E-state index is 9.43. The number of carbonyl (C=O) groups is 1. The molecule has 15 heavy (non-hydrogen) atoms. The van der Waals surface area contributed by atoms with Gasteiger partial charge in [0.05, 0.1) is 0 Å². The zero-order valence-electron chi connectivity index (χ0n) is 10.7. The van der Waals surface area contributed by atoms with Crippen molar-refractivity contribution in [1.82, 2.24) is 4.90 Å². The average molecular weight is 216 g/mol. The van der Waals surface area contributed by atoms with Crippen LogP contribution >= 0.6 is 0 Å². The van der Waals surface area contributed by atoms with Crippen LogP contribution in [0.3, 0.4) is 0 Å². The number of nitrogens with two attached hydrogens (primary N) is 1. The molecule has 2 N–H and O–H groups in total. The Hall–Kier alpha value is -0.570. The van der Waals surface area contributed by atoms with Crippen LogP contribution in [0.4, 0.5) is 0 Å². The second kappa shape index (κ2) is 15.9.